The largest absolute Gasteiger partial charge is 0.497 e. The van der Waals surface area contributed by atoms with Crippen LogP contribution in [0.3, 0.4) is 0 Å². The number of ether oxygens (including phenoxy) is 1. The average Bonchev–Trinajstić information content (AvgIpc) is 2.74. The predicted octanol–water partition coefficient (Wildman–Crippen LogP) is 3.80. The molecule has 0 unspecified atom stereocenters. The van der Waals surface area contributed by atoms with Crippen molar-refractivity contribution in [2.75, 3.05) is 13.4 Å². The predicted molar refractivity (Wildman–Crippen MR) is 114 cm³/mol. The number of hydrogen-bond donors (Lipinski definition) is 2. The molecule has 4 heteroatoms. The highest BCUT2D eigenvalue weighted by atomic mass is 31.1. The molecular formula is C23H26NO2P. The van der Waals surface area contributed by atoms with Gasteiger partial charge in [0, 0.05) is 12.3 Å². The minimum atomic E-state index is -0.601. The first kappa shape index (κ1) is 19.6. The number of methoxy groups -OCH3 is 1. The maximum Gasteiger partial charge on any atom is 0.119 e. The van der Waals surface area contributed by atoms with Crippen molar-refractivity contribution in [1.29, 1.82) is 0 Å². The van der Waals surface area contributed by atoms with E-state index in [2.05, 4.69) is 41.7 Å². The summed E-state index contributed by atoms with van der Waals surface area (Å²) in [5.74, 6) is 0.869. The van der Waals surface area contributed by atoms with Crippen molar-refractivity contribution in [3.63, 3.8) is 0 Å². The van der Waals surface area contributed by atoms with Crippen LogP contribution in [-0.2, 0) is 0 Å². The number of rotatable bonds is 8. The standard InChI is InChI=1S/C23H26NO2P/c1-18(23(25)19-10-5-3-6-11-19)24-17-27(21-13-7-4-8-14-21)22-15-9-12-20(16-22)26-2/h3-16,18,23-25H,17H2,1-2H3/t18-,23-,27-/m0/s1. The quantitative estimate of drug-likeness (QED) is 0.585. The average molecular weight is 379 g/mol. The van der Waals surface area contributed by atoms with E-state index in [9.17, 15) is 5.11 Å². The Morgan fingerprint density at radius 3 is 2.19 bits per heavy atom. The van der Waals surface area contributed by atoms with Crippen LogP contribution in [0.4, 0.5) is 0 Å². The molecule has 27 heavy (non-hydrogen) atoms. The maximum absolute atomic E-state index is 10.6. The van der Waals surface area contributed by atoms with E-state index in [1.54, 1.807) is 7.11 Å². The van der Waals surface area contributed by atoms with Crippen LogP contribution in [-0.4, -0.2) is 24.5 Å². The van der Waals surface area contributed by atoms with Crippen molar-refractivity contribution in [2.24, 2.45) is 0 Å². The second kappa shape index (κ2) is 9.66. The van der Waals surface area contributed by atoms with E-state index in [1.165, 1.54) is 10.6 Å². The molecule has 3 nitrogen and oxygen atoms in total. The van der Waals surface area contributed by atoms with Gasteiger partial charge in [0.05, 0.1) is 13.2 Å². The van der Waals surface area contributed by atoms with E-state index >= 15 is 0 Å². The lowest BCUT2D eigenvalue weighted by Gasteiger charge is -2.25. The third-order valence-corrected chi connectivity index (χ3v) is 6.94. The Morgan fingerprint density at radius 2 is 1.52 bits per heavy atom. The molecular weight excluding hydrogens is 353 g/mol. The lowest BCUT2D eigenvalue weighted by molar-refractivity contribution is 0.139. The van der Waals surface area contributed by atoms with Gasteiger partial charge in [-0.15, -0.1) is 0 Å². The minimum Gasteiger partial charge on any atom is -0.497 e. The second-order valence-corrected chi connectivity index (χ2v) is 8.68. The monoisotopic (exact) mass is 379 g/mol. The van der Waals surface area contributed by atoms with E-state index < -0.39 is 14.0 Å². The zero-order valence-corrected chi connectivity index (χ0v) is 16.6. The van der Waals surface area contributed by atoms with Gasteiger partial charge in [0.15, 0.2) is 0 Å². The molecule has 0 saturated carbocycles. The van der Waals surface area contributed by atoms with Crippen molar-refractivity contribution in [2.45, 2.75) is 19.1 Å². The zero-order valence-electron chi connectivity index (χ0n) is 15.7. The number of hydrogen-bond acceptors (Lipinski definition) is 3. The molecule has 0 aliphatic rings. The molecule has 0 aliphatic carbocycles. The van der Waals surface area contributed by atoms with Crippen LogP contribution >= 0.6 is 7.92 Å². The summed E-state index contributed by atoms with van der Waals surface area (Å²) in [4.78, 5) is 0. The van der Waals surface area contributed by atoms with Gasteiger partial charge in [-0.2, -0.15) is 0 Å². The summed E-state index contributed by atoms with van der Waals surface area (Å²) in [5, 5.41) is 16.8. The molecule has 0 saturated heterocycles. The van der Waals surface area contributed by atoms with Gasteiger partial charge in [-0.05, 0) is 43.2 Å². The minimum absolute atomic E-state index is 0.0493. The molecule has 0 radical (unpaired) electrons. The van der Waals surface area contributed by atoms with Gasteiger partial charge in [0.25, 0.3) is 0 Å². The highest BCUT2D eigenvalue weighted by molar-refractivity contribution is 7.72. The van der Waals surface area contributed by atoms with E-state index in [0.717, 1.165) is 17.6 Å². The van der Waals surface area contributed by atoms with Crippen LogP contribution in [0.15, 0.2) is 84.9 Å². The van der Waals surface area contributed by atoms with Gasteiger partial charge in [-0.3, -0.25) is 0 Å². The Hall–Kier alpha value is -2.19. The molecule has 0 aromatic heterocycles. The third kappa shape index (κ3) is 5.17. The van der Waals surface area contributed by atoms with Crippen molar-refractivity contribution < 1.29 is 9.84 Å². The van der Waals surface area contributed by atoms with Crippen molar-refractivity contribution in [1.82, 2.24) is 5.32 Å². The Morgan fingerprint density at radius 1 is 0.889 bits per heavy atom. The van der Waals surface area contributed by atoms with E-state index in [-0.39, 0.29) is 6.04 Å². The summed E-state index contributed by atoms with van der Waals surface area (Å²) in [5.41, 5.74) is 0.933. The lowest BCUT2D eigenvalue weighted by Crippen LogP contribution is -2.34. The summed E-state index contributed by atoms with van der Waals surface area (Å²) in [6.45, 7) is 2.03. The Balaban J connectivity index is 1.77. The molecule has 0 fully saturated rings. The lowest BCUT2D eigenvalue weighted by atomic mass is 10.0. The van der Waals surface area contributed by atoms with Crippen LogP contribution in [0, 0.1) is 0 Å². The number of aliphatic hydroxyl groups is 1. The molecule has 3 rings (SSSR count). The maximum atomic E-state index is 10.6. The summed E-state index contributed by atoms with van der Waals surface area (Å²) in [6, 6.07) is 28.6. The first-order valence-electron chi connectivity index (χ1n) is 9.12. The van der Waals surface area contributed by atoms with Crippen molar-refractivity contribution in [3.05, 3.63) is 90.5 Å². The van der Waals surface area contributed by atoms with E-state index in [4.69, 9.17) is 4.74 Å². The molecule has 3 atom stereocenters. The molecule has 3 aromatic carbocycles. The van der Waals surface area contributed by atoms with Gasteiger partial charge < -0.3 is 15.2 Å². The van der Waals surface area contributed by atoms with Crippen LogP contribution in [0.5, 0.6) is 5.75 Å². The van der Waals surface area contributed by atoms with E-state index in [0.29, 0.717) is 0 Å². The Bertz CT molecular complexity index is 826. The Labute approximate surface area is 162 Å². The fraction of sp³-hybridized carbons (Fsp3) is 0.217. The van der Waals surface area contributed by atoms with Gasteiger partial charge in [0.2, 0.25) is 0 Å². The van der Waals surface area contributed by atoms with Gasteiger partial charge in [-0.25, -0.2) is 0 Å². The molecule has 0 bridgehead atoms. The fourth-order valence-corrected chi connectivity index (χ4v) is 5.22. The second-order valence-electron chi connectivity index (χ2n) is 6.47. The third-order valence-electron chi connectivity index (χ3n) is 4.62. The summed E-state index contributed by atoms with van der Waals surface area (Å²) in [6.07, 6.45) is 0.251. The van der Waals surface area contributed by atoms with Crippen molar-refractivity contribution >= 4 is 18.5 Å². The molecule has 0 aliphatic heterocycles. The topological polar surface area (TPSA) is 41.5 Å². The zero-order chi connectivity index (χ0) is 19.1. The van der Waals surface area contributed by atoms with Crippen molar-refractivity contribution in [3.8, 4) is 5.75 Å². The first-order valence-corrected chi connectivity index (χ1v) is 10.6. The highest BCUT2D eigenvalue weighted by Gasteiger charge is 2.19. The number of benzene rings is 3. The molecule has 3 aromatic rings. The molecule has 0 amide bonds. The summed E-state index contributed by atoms with van der Waals surface area (Å²) >= 11 is 0. The van der Waals surface area contributed by atoms with Crippen LogP contribution in [0.25, 0.3) is 0 Å². The summed E-state index contributed by atoms with van der Waals surface area (Å²) < 4.78 is 5.41. The molecule has 140 valence electrons. The number of aliphatic hydroxyl groups excluding tert-OH is 1. The molecule has 0 heterocycles. The Kier molecular flexibility index (Phi) is 7.00. The molecule has 0 spiro atoms. The van der Waals surface area contributed by atoms with E-state index in [1.807, 2.05) is 55.5 Å². The first-order chi connectivity index (χ1) is 13.2. The smallest absolute Gasteiger partial charge is 0.119 e. The van der Waals surface area contributed by atoms with Gasteiger partial charge in [0.1, 0.15) is 5.75 Å². The number of nitrogens with one attached hydrogen (secondary N) is 1. The summed E-state index contributed by atoms with van der Waals surface area (Å²) in [7, 11) is 1.09. The van der Waals surface area contributed by atoms with Gasteiger partial charge in [-0.1, -0.05) is 72.8 Å². The van der Waals surface area contributed by atoms with Crippen LogP contribution in [0.2, 0.25) is 0 Å². The fourth-order valence-electron chi connectivity index (χ4n) is 3.00. The molecule has 2 N–H and O–H groups in total. The van der Waals surface area contributed by atoms with Crippen LogP contribution < -0.4 is 20.7 Å². The van der Waals surface area contributed by atoms with Gasteiger partial charge >= 0.3 is 0 Å². The highest BCUT2D eigenvalue weighted by Crippen LogP contribution is 2.33. The van der Waals surface area contributed by atoms with Crippen LogP contribution in [0.1, 0.15) is 18.6 Å². The normalized spacial score (nSPS) is 14.3. The SMILES string of the molecule is COc1cccc([P@@](CN[C@@H](C)[C@H](O)c2ccccc2)c2ccccc2)c1.